The number of halogens is 1. The number of piperidine rings is 1. The van der Waals surface area contributed by atoms with Crippen LogP contribution in [0.15, 0.2) is 18.3 Å². The Bertz CT molecular complexity index is 458. The second-order valence-electron chi connectivity index (χ2n) is 4.18. The average molecular weight is 268 g/mol. The van der Waals surface area contributed by atoms with Crippen LogP contribution < -0.4 is 10.6 Å². The Morgan fingerprint density at radius 1 is 1.39 bits per heavy atom. The van der Waals surface area contributed by atoms with Crippen molar-refractivity contribution in [1.82, 2.24) is 15.6 Å². The van der Waals surface area contributed by atoms with Crippen LogP contribution in [0, 0.1) is 5.92 Å². The third-order valence-electron chi connectivity index (χ3n) is 2.95. The van der Waals surface area contributed by atoms with E-state index >= 15 is 0 Å². The molecule has 96 valence electrons. The van der Waals surface area contributed by atoms with Gasteiger partial charge in [0.15, 0.2) is 0 Å². The molecule has 0 saturated carbocycles. The Morgan fingerprint density at radius 3 is 2.78 bits per heavy atom. The van der Waals surface area contributed by atoms with Gasteiger partial charge in [-0.05, 0) is 38.1 Å². The van der Waals surface area contributed by atoms with Gasteiger partial charge in [0.05, 0.1) is 5.56 Å². The summed E-state index contributed by atoms with van der Waals surface area (Å²) in [6.45, 7) is 1.61. The van der Waals surface area contributed by atoms with Crippen LogP contribution in [0.5, 0.6) is 0 Å². The van der Waals surface area contributed by atoms with Crippen LogP contribution in [0.25, 0.3) is 0 Å². The minimum Gasteiger partial charge on any atom is -0.317 e. The van der Waals surface area contributed by atoms with Gasteiger partial charge in [-0.15, -0.1) is 0 Å². The molecule has 2 heterocycles. The summed E-state index contributed by atoms with van der Waals surface area (Å²) in [5.41, 5.74) is 0.224. The molecule has 6 heteroatoms. The minimum atomic E-state index is -0.489. The predicted molar refractivity (Wildman–Crippen MR) is 67.3 cm³/mol. The SMILES string of the molecule is O=C(NC(=O)C1CCNCC1)c1cccnc1Cl. The number of nitrogens with one attached hydrogen (secondary N) is 2. The second kappa shape index (κ2) is 5.93. The fourth-order valence-corrected chi connectivity index (χ4v) is 2.13. The third-order valence-corrected chi connectivity index (χ3v) is 3.25. The molecule has 1 aromatic rings. The topological polar surface area (TPSA) is 71.1 Å². The van der Waals surface area contributed by atoms with Crippen molar-refractivity contribution < 1.29 is 9.59 Å². The predicted octanol–water partition coefficient (Wildman–Crippen LogP) is 0.991. The Labute approximate surface area is 110 Å². The lowest BCUT2D eigenvalue weighted by atomic mass is 9.97. The number of carbonyl (C=O) groups excluding carboxylic acids is 2. The first-order chi connectivity index (χ1) is 8.68. The van der Waals surface area contributed by atoms with Crippen LogP contribution in [0.3, 0.4) is 0 Å². The Balaban J connectivity index is 1.99. The fraction of sp³-hybridized carbons (Fsp3) is 0.417. The van der Waals surface area contributed by atoms with Crippen molar-refractivity contribution in [1.29, 1.82) is 0 Å². The van der Waals surface area contributed by atoms with Crippen molar-refractivity contribution in [2.24, 2.45) is 5.92 Å². The lowest BCUT2D eigenvalue weighted by Crippen LogP contribution is -2.40. The van der Waals surface area contributed by atoms with Crippen molar-refractivity contribution in [2.75, 3.05) is 13.1 Å². The Hall–Kier alpha value is -1.46. The van der Waals surface area contributed by atoms with E-state index in [0.717, 1.165) is 25.9 Å². The maximum atomic E-state index is 11.9. The molecule has 18 heavy (non-hydrogen) atoms. The van der Waals surface area contributed by atoms with Crippen LogP contribution >= 0.6 is 11.6 Å². The number of hydrogen-bond donors (Lipinski definition) is 2. The first kappa shape index (κ1) is 13.0. The molecule has 0 aromatic carbocycles. The Kier molecular flexibility index (Phi) is 4.28. The van der Waals surface area contributed by atoms with Gasteiger partial charge in [0.1, 0.15) is 5.15 Å². The van der Waals surface area contributed by atoms with Gasteiger partial charge in [0.25, 0.3) is 5.91 Å². The van der Waals surface area contributed by atoms with Crippen molar-refractivity contribution in [3.05, 3.63) is 29.0 Å². The molecule has 5 nitrogen and oxygen atoms in total. The molecule has 1 fully saturated rings. The van der Waals surface area contributed by atoms with Gasteiger partial charge in [0, 0.05) is 12.1 Å². The third kappa shape index (κ3) is 3.05. The highest BCUT2D eigenvalue weighted by molar-refractivity contribution is 6.33. The maximum absolute atomic E-state index is 11.9. The van der Waals surface area contributed by atoms with Crippen LogP contribution in [0.1, 0.15) is 23.2 Å². The van der Waals surface area contributed by atoms with Crippen LogP contribution in [-0.2, 0) is 4.79 Å². The normalized spacial score (nSPS) is 16.3. The molecular weight excluding hydrogens is 254 g/mol. The lowest BCUT2D eigenvalue weighted by molar-refractivity contribution is -0.124. The van der Waals surface area contributed by atoms with Crippen molar-refractivity contribution in [3.63, 3.8) is 0 Å². The molecule has 2 N–H and O–H groups in total. The van der Waals surface area contributed by atoms with Crippen LogP contribution in [0.4, 0.5) is 0 Å². The summed E-state index contributed by atoms with van der Waals surface area (Å²) in [6.07, 6.45) is 2.99. The number of nitrogens with zero attached hydrogens (tertiary/aromatic N) is 1. The van der Waals surface area contributed by atoms with E-state index in [1.807, 2.05) is 0 Å². The number of aromatic nitrogens is 1. The van der Waals surface area contributed by atoms with E-state index in [2.05, 4.69) is 15.6 Å². The highest BCUT2D eigenvalue weighted by Crippen LogP contribution is 2.14. The zero-order chi connectivity index (χ0) is 13.0. The lowest BCUT2D eigenvalue weighted by Gasteiger charge is -2.21. The first-order valence-electron chi connectivity index (χ1n) is 5.85. The number of imide groups is 1. The average Bonchev–Trinajstić information content (AvgIpc) is 2.40. The zero-order valence-electron chi connectivity index (χ0n) is 9.78. The van der Waals surface area contributed by atoms with Gasteiger partial charge in [-0.25, -0.2) is 4.98 Å². The van der Waals surface area contributed by atoms with Gasteiger partial charge < -0.3 is 5.32 Å². The van der Waals surface area contributed by atoms with Crippen LogP contribution in [-0.4, -0.2) is 29.9 Å². The van der Waals surface area contributed by atoms with Crippen LogP contribution in [0.2, 0.25) is 5.15 Å². The standard InChI is InChI=1S/C12H14ClN3O2/c13-10-9(2-1-5-15-10)12(18)16-11(17)8-3-6-14-7-4-8/h1-2,5,8,14H,3-4,6-7H2,(H,16,17,18). The summed E-state index contributed by atoms with van der Waals surface area (Å²) in [5, 5.41) is 5.65. The summed E-state index contributed by atoms with van der Waals surface area (Å²) < 4.78 is 0. The molecule has 1 saturated heterocycles. The van der Waals surface area contributed by atoms with E-state index in [-0.39, 0.29) is 22.5 Å². The second-order valence-corrected chi connectivity index (χ2v) is 4.54. The minimum absolute atomic E-state index is 0.105. The molecule has 0 spiro atoms. The Morgan fingerprint density at radius 2 is 2.11 bits per heavy atom. The van der Waals surface area contributed by atoms with Gasteiger partial charge in [-0.1, -0.05) is 11.6 Å². The summed E-state index contributed by atoms with van der Waals surface area (Å²) in [6, 6.07) is 3.15. The molecule has 0 radical (unpaired) electrons. The monoisotopic (exact) mass is 267 g/mol. The molecule has 2 rings (SSSR count). The summed E-state index contributed by atoms with van der Waals surface area (Å²) >= 11 is 5.80. The largest absolute Gasteiger partial charge is 0.317 e. The smallest absolute Gasteiger partial charge is 0.260 e. The fourth-order valence-electron chi connectivity index (χ4n) is 1.92. The van der Waals surface area contributed by atoms with Gasteiger partial charge in [-0.2, -0.15) is 0 Å². The number of rotatable bonds is 2. The van der Waals surface area contributed by atoms with E-state index in [9.17, 15) is 9.59 Å². The number of pyridine rings is 1. The molecule has 0 unspecified atom stereocenters. The molecule has 1 aliphatic heterocycles. The summed E-state index contributed by atoms with van der Waals surface area (Å²) in [5.74, 6) is -0.830. The molecule has 0 bridgehead atoms. The van der Waals surface area contributed by atoms with E-state index in [0.29, 0.717) is 0 Å². The number of carbonyl (C=O) groups is 2. The van der Waals surface area contributed by atoms with Gasteiger partial charge in [0.2, 0.25) is 5.91 Å². The van der Waals surface area contributed by atoms with E-state index in [1.54, 1.807) is 12.1 Å². The van der Waals surface area contributed by atoms with Crippen molar-refractivity contribution in [2.45, 2.75) is 12.8 Å². The summed E-state index contributed by atoms with van der Waals surface area (Å²) in [7, 11) is 0. The number of hydrogen-bond acceptors (Lipinski definition) is 4. The van der Waals surface area contributed by atoms with E-state index in [4.69, 9.17) is 11.6 Å². The van der Waals surface area contributed by atoms with Crippen molar-refractivity contribution >= 4 is 23.4 Å². The molecule has 2 amide bonds. The summed E-state index contributed by atoms with van der Waals surface area (Å²) in [4.78, 5) is 27.5. The molecule has 0 atom stereocenters. The molecule has 0 aliphatic carbocycles. The first-order valence-corrected chi connectivity index (χ1v) is 6.22. The highest BCUT2D eigenvalue weighted by Gasteiger charge is 2.23. The van der Waals surface area contributed by atoms with E-state index in [1.165, 1.54) is 6.20 Å². The van der Waals surface area contributed by atoms with Gasteiger partial charge >= 0.3 is 0 Å². The van der Waals surface area contributed by atoms with Gasteiger partial charge in [-0.3, -0.25) is 14.9 Å². The number of amides is 2. The van der Waals surface area contributed by atoms with Crippen molar-refractivity contribution in [3.8, 4) is 0 Å². The highest BCUT2D eigenvalue weighted by atomic mass is 35.5. The van der Waals surface area contributed by atoms with E-state index < -0.39 is 5.91 Å². The molecule has 1 aliphatic rings. The maximum Gasteiger partial charge on any atom is 0.260 e. The molecule has 1 aromatic heterocycles. The zero-order valence-corrected chi connectivity index (χ0v) is 10.5. The molecular formula is C12H14ClN3O2. The quantitative estimate of drug-likeness (QED) is 0.619.